The molecule has 4 amide bonds. The van der Waals surface area contributed by atoms with Crippen LogP contribution in [-0.2, 0) is 7.05 Å². The van der Waals surface area contributed by atoms with E-state index < -0.39 is 0 Å². The molecule has 7 nitrogen and oxygen atoms in total. The lowest BCUT2D eigenvalue weighted by Crippen LogP contribution is -2.47. The molecule has 0 spiro atoms. The zero-order valence-electron chi connectivity index (χ0n) is 11.6. The van der Waals surface area contributed by atoms with Crippen LogP contribution in [0.4, 0.5) is 9.59 Å². The number of nitrogens with one attached hydrogen (secondary N) is 1. The molecule has 7 heteroatoms. The van der Waals surface area contributed by atoms with Crippen molar-refractivity contribution in [3.8, 4) is 0 Å². The number of hydrogen-bond donors (Lipinski definition) is 1. The van der Waals surface area contributed by atoms with E-state index in [1.807, 2.05) is 19.3 Å². The average Bonchev–Trinajstić information content (AvgIpc) is 3.07. The Morgan fingerprint density at radius 1 is 1.35 bits per heavy atom. The highest BCUT2D eigenvalue weighted by molar-refractivity contribution is 5.94. The zero-order chi connectivity index (χ0) is 14.1. The van der Waals surface area contributed by atoms with Gasteiger partial charge in [0.2, 0.25) is 0 Å². The van der Waals surface area contributed by atoms with E-state index in [2.05, 4.69) is 10.4 Å². The van der Waals surface area contributed by atoms with E-state index in [-0.39, 0.29) is 12.1 Å². The number of aryl methyl sites for hydroxylation is 1. The molecule has 3 heterocycles. The topological polar surface area (TPSA) is 70.5 Å². The third-order valence-electron chi connectivity index (χ3n) is 4.01. The summed E-state index contributed by atoms with van der Waals surface area (Å²) in [6.07, 6.45) is 3.75. The number of rotatable bonds is 1. The first-order chi connectivity index (χ1) is 9.65. The van der Waals surface area contributed by atoms with Gasteiger partial charge in [-0.2, -0.15) is 5.10 Å². The average molecular weight is 277 g/mol. The molecule has 2 fully saturated rings. The second-order valence-corrected chi connectivity index (χ2v) is 5.34. The van der Waals surface area contributed by atoms with E-state index in [1.54, 1.807) is 9.58 Å². The Balaban J connectivity index is 1.58. The van der Waals surface area contributed by atoms with Crippen LogP contribution in [0.3, 0.4) is 0 Å². The smallest absolute Gasteiger partial charge is 0.328 e. The van der Waals surface area contributed by atoms with Crippen LogP contribution in [-0.4, -0.2) is 57.8 Å². The molecule has 108 valence electrons. The highest BCUT2D eigenvalue weighted by Gasteiger charge is 2.32. The molecule has 20 heavy (non-hydrogen) atoms. The minimum Gasteiger partial charge on any atom is -0.336 e. The van der Waals surface area contributed by atoms with Gasteiger partial charge >= 0.3 is 12.1 Å². The number of amides is 4. The first kappa shape index (κ1) is 13.0. The molecule has 2 aliphatic heterocycles. The molecule has 0 saturated carbocycles. The molecule has 3 rings (SSSR count). The molecule has 0 aliphatic carbocycles. The van der Waals surface area contributed by atoms with Gasteiger partial charge in [0.25, 0.3) is 0 Å². The summed E-state index contributed by atoms with van der Waals surface area (Å²) in [5.41, 5.74) is 1.10. The van der Waals surface area contributed by atoms with Gasteiger partial charge in [0, 0.05) is 45.3 Å². The number of urea groups is 2. The highest BCUT2D eigenvalue weighted by Crippen LogP contribution is 2.27. The maximum absolute atomic E-state index is 12.2. The van der Waals surface area contributed by atoms with Gasteiger partial charge in [0.05, 0.1) is 5.69 Å². The predicted octanol–water partition coefficient (Wildman–Crippen LogP) is 0.745. The monoisotopic (exact) mass is 277 g/mol. The number of piperidine rings is 1. The summed E-state index contributed by atoms with van der Waals surface area (Å²) >= 11 is 0. The molecule has 1 aromatic rings. The normalized spacial score (nSPS) is 20.4. The van der Waals surface area contributed by atoms with Crippen molar-refractivity contribution in [1.82, 2.24) is 24.9 Å². The summed E-state index contributed by atoms with van der Waals surface area (Å²) in [6, 6.07) is 1.59. The van der Waals surface area contributed by atoms with E-state index in [9.17, 15) is 9.59 Å². The van der Waals surface area contributed by atoms with Crippen LogP contribution in [0.1, 0.15) is 24.5 Å². The summed E-state index contributed by atoms with van der Waals surface area (Å²) in [6.45, 7) is 2.39. The zero-order valence-corrected chi connectivity index (χ0v) is 11.6. The number of nitrogens with zero attached hydrogens (tertiary/aromatic N) is 4. The van der Waals surface area contributed by atoms with Crippen molar-refractivity contribution in [2.45, 2.75) is 18.8 Å². The fourth-order valence-corrected chi connectivity index (χ4v) is 2.84. The van der Waals surface area contributed by atoms with Crippen LogP contribution in [0.25, 0.3) is 0 Å². The highest BCUT2D eigenvalue weighted by atomic mass is 16.2. The maximum Gasteiger partial charge on any atom is 0.328 e. The molecule has 0 aromatic carbocycles. The Bertz CT molecular complexity index is 519. The van der Waals surface area contributed by atoms with E-state index in [0.717, 1.165) is 18.5 Å². The molecule has 2 aliphatic rings. The van der Waals surface area contributed by atoms with E-state index in [1.165, 1.54) is 4.90 Å². The fraction of sp³-hybridized carbons (Fsp3) is 0.615. The quantitative estimate of drug-likeness (QED) is 0.823. The van der Waals surface area contributed by atoms with Crippen LogP contribution >= 0.6 is 0 Å². The van der Waals surface area contributed by atoms with Gasteiger partial charge < -0.3 is 10.2 Å². The SMILES string of the molecule is Cn1ccc(C2CCN(C(=O)N3CCNC3=O)CC2)n1. The second kappa shape index (κ2) is 5.15. The van der Waals surface area contributed by atoms with Crippen LogP contribution in [0.15, 0.2) is 12.3 Å². The minimum absolute atomic E-state index is 0.167. The summed E-state index contributed by atoms with van der Waals surface area (Å²) in [7, 11) is 1.91. The Labute approximate surface area is 117 Å². The first-order valence-electron chi connectivity index (χ1n) is 6.99. The van der Waals surface area contributed by atoms with Gasteiger partial charge in [-0.15, -0.1) is 0 Å². The van der Waals surface area contributed by atoms with Crippen molar-refractivity contribution in [2.24, 2.45) is 7.05 Å². The number of carbonyl (C=O) groups is 2. The number of imide groups is 1. The molecular weight excluding hydrogens is 258 g/mol. The Kier molecular flexibility index (Phi) is 3.33. The van der Waals surface area contributed by atoms with Gasteiger partial charge in [-0.3, -0.25) is 4.68 Å². The fourth-order valence-electron chi connectivity index (χ4n) is 2.84. The Morgan fingerprint density at radius 3 is 2.65 bits per heavy atom. The summed E-state index contributed by atoms with van der Waals surface area (Å²) in [5, 5.41) is 7.09. The van der Waals surface area contributed by atoms with Gasteiger partial charge in [-0.1, -0.05) is 0 Å². The van der Waals surface area contributed by atoms with Crippen LogP contribution in [0, 0.1) is 0 Å². The molecule has 2 saturated heterocycles. The molecule has 0 atom stereocenters. The molecule has 1 aromatic heterocycles. The van der Waals surface area contributed by atoms with E-state index >= 15 is 0 Å². The summed E-state index contributed by atoms with van der Waals surface area (Å²) in [4.78, 5) is 26.8. The van der Waals surface area contributed by atoms with Gasteiger partial charge in [-0.05, 0) is 18.9 Å². The summed E-state index contributed by atoms with van der Waals surface area (Å²) in [5.74, 6) is 0.410. The largest absolute Gasteiger partial charge is 0.336 e. The van der Waals surface area contributed by atoms with E-state index in [0.29, 0.717) is 32.1 Å². The predicted molar refractivity (Wildman–Crippen MR) is 72.3 cm³/mol. The second-order valence-electron chi connectivity index (χ2n) is 5.34. The number of aromatic nitrogens is 2. The molecule has 1 N–H and O–H groups in total. The van der Waals surface area contributed by atoms with Gasteiger partial charge in [-0.25, -0.2) is 14.5 Å². The van der Waals surface area contributed by atoms with Crippen LogP contribution in [0.5, 0.6) is 0 Å². The first-order valence-corrected chi connectivity index (χ1v) is 6.99. The Hall–Kier alpha value is -2.05. The van der Waals surface area contributed by atoms with Crippen molar-refractivity contribution < 1.29 is 9.59 Å². The molecule has 0 unspecified atom stereocenters. The van der Waals surface area contributed by atoms with Crippen molar-refractivity contribution in [3.05, 3.63) is 18.0 Å². The number of carbonyl (C=O) groups excluding carboxylic acids is 2. The van der Waals surface area contributed by atoms with Crippen molar-refractivity contribution in [1.29, 1.82) is 0 Å². The van der Waals surface area contributed by atoms with E-state index in [4.69, 9.17) is 0 Å². The number of likely N-dealkylation sites (tertiary alicyclic amines) is 1. The third kappa shape index (κ3) is 2.35. The van der Waals surface area contributed by atoms with Crippen molar-refractivity contribution in [3.63, 3.8) is 0 Å². The van der Waals surface area contributed by atoms with Gasteiger partial charge in [0.15, 0.2) is 0 Å². The van der Waals surface area contributed by atoms with Crippen LogP contribution in [0.2, 0.25) is 0 Å². The molecular formula is C13H19N5O2. The lowest BCUT2D eigenvalue weighted by molar-refractivity contribution is 0.151. The standard InChI is InChI=1S/C13H19N5O2/c1-16-6-4-11(15-16)10-2-7-17(8-3-10)13(20)18-9-5-14-12(18)19/h4,6,10H,2-3,5,7-9H2,1H3,(H,14,19). The van der Waals surface area contributed by atoms with Crippen LogP contribution < -0.4 is 5.32 Å². The molecule has 0 bridgehead atoms. The van der Waals surface area contributed by atoms with Crippen molar-refractivity contribution >= 4 is 12.1 Å². The minimum atomic E-state index is -0.276. The van der Waals surface area contributed by atoms with Gasteiger partial charge in [0.1, 0.15) is 0 Å². The molecule has 0 radical (unpaired) electrons. The maximum atomic E-state index is 12.2. The lowest BCUT2D eigenvalue weighted by Gasteiger charge is -2.33. The lowest BCUT2D eigenvalue weighted by atomic mass is 9.94. The Morgan fingerprint density at radius 2 is 2.10 bits per heavy atom. The number of hydrogen-bond acceptors (Lipinski definition) is 3. The summed E-state index contributed by atoms with van der Waals surface area (Å²) < 4.78 is 1.81. The van der Waals surface area contributed by atoms with Crippen molar-refractivity contribution in [2.75, 3.05) is 26.2 Å². The third-order valence-corrected chi connectivity index (χ3v) is 4.01.